The predicted molar refractivity (Wildman–Crippen MR) is 64.9 cm³/mol. The minimum absolute atomic E-state index is 0.0391. The summed E-state index contributed by atoms with van der Waals surface area (Å²) >= 11 is 0. The van der Waals surface area contributed by atoms with Crippen molar-refractivity contribution in [2.45, 2.75) is 19.8 Å². The molecule has 0 fully saturated rings. The van der Waals surface area contributed by atoms with Crippen molar-refractivity contribution >= 4 is 11.7 Å². The van der Waals surface area contributed by atoms with Crippen LogP contribution in [0.3, 0.4) is 0 Å². The van der Waals surface area contributed by atoms with E-state index in [1.807, 2.05) is 12.1 Å². The van der Waals surface area contributed by atoms with Gasteiger partial charge in [-0.25, -0.2) is 0 Å². The lowest BCUT2D eigenvalue weighted by molar-refractivity contribution is -0.121. The summed E-state index contributed by atoms with van der Waals surface area (Å²) in [6, 6.07) is 7.25. The molecule has 1 aromatic carbocycles. The smallest absolute Gasteiger partial charge is 0.220 e. The van der Waals surface area contributed by atoms with E-state index in [1.165, 1.54) is 6.92 Å². The van der Waals surface area contributed by atoms with Gasteiger partial charge in [-0.2, -0.15) is 0 Å². The average Bonchev–Trinajstić information content (AvgIpc) is 2.34. The first-order valence-electron chi connectivity index (χ1n) is 5.61. The van der Waals surface area contributed by atoms with Crippen molar-refractivity contribution in [2.75, 3.05) is 13.2 Å². The van der Waals surface area contributed by atoms with Gasteiger partial charge in [0, 0.05) is 18.5 Å². The Morgan fingerprint density at radius 2 is 1.88 bits per heavy atom. The number of Topliss-reactive ketones (excluding diaryl/α,β-unsaturated/α-hetero) is 1. The van der Waals surface area contributed by atoms with Gasteiger partial charge in [0.15, 0.2) is 5.78 Å². The Labute approximate surface area is 101 Å². The highest BCUT2D eigenvalue weighted by molar-refractivity contribution is 5.94. The third-order valence-electron chi connectivity index (χ3n) is 2.44. The largest absolute Gasteiger partial charge is 0.395 e. The quantitative estimate of drug-likeness (QED) is 0.721. The van der Waals surface area contributed by atoms with E-state index >= 15 is 0 Å². The van der Waals surface area contributed by atoms with Gasteiger partial charge in [0.05, 0.1) is 6.61 Å². The molecule has 0 spiro atoms. The summed E-state index contributed by atoms with van der Waals surface area (Å²) < 4.78 is 0. The Morgan fingerprint density at radius 3 is 2.41 bits per heavy atom. The third-order valence-corrected chi connectivity index (χ3v) is 2.44. The van der Waals surface area contributed by atoms with Gasteiger partial charge in [-0.15, -0.1) is 0 Å². The molecule has 0 saturated heterocycles. The van der Waals surface area contributed by atoms with Gasteiger partial charge < -0.3 is 10.4 Å². The first-order valence-corrected chi connectivity index (χ1v) is 5.61. The van der Waals surface area contributed by atoms with Crippen LogP contribution in [0.2, 0.25) is 0 Å². The monoisotopic (exact) mass is 235 g/mol. The Bertz CT molecular complexity index is 384. The van der Waals surface area contributed by atoms with Gasteiger partial charge in [-0.3, -0.25) is 9.59 Å². The summed E-state index contributed by atoms with van der Waals surface area (Å²) in [5, 5.41) is 11.1. The second-order valence-electron chi connectivity index (χ2n) is 3.83. The Hall–Kier alpha value is -1.68. The van der Waals surface area contributed by atoms with Crippen molar-refractivity contribution < 1.29 is 14.7 Å². The summed E-state index contributed by atoms with van der Waals surface area (Å²) in [6.45, 7) is 1.78. The normalized spacial score (nSPS) is 10.0. The first-order chi connectivity index (χ1) is 8.13. The maximum atomic E-state index is 11.3. The fourth-order valence-corrected chi connectivity index (χ4v) is 1.45. The molecule has 0 aliphatic carbocycles. The number of nitrogens with one attached hydrogen (secondary N) is 1. The van der Waals surface area contributed by atoms with E-state index in [9.17, 15) is 9.59 Å². The van der Waals surface area contributed by atoms with E-state index in [0.29, 0.717) is 24.9 Å². The van der Waals surface area contributed by atoms with Gasteiger partial charge in [0.2, 0.25) is 5.91 Å². The molecule has 1 aromatic rings. The lowest BCUT2D eigenvalue weighted by Gasteiger charge is -2.04. The molecular formula is C13H17NO3. The molecule has 2 N–H and O–H groups in total. The molecule has 0 aliphatic rings. The van der Waals surface area contributed by atoms with Crippen LogP contribution in [0, 0.1) is 0 Å². The minimum atomic E-state index is -0.0744. The van der Waals surface area contributed by atoms with E-state index in [2.05, 4.69) is 5.32 Å². The highest BCUT2D eigenvalue weighted by atomic mass is 16.3. The van der Waals surface area contributed by atoms with Crippen molar-refractivity contribution in [1.82, 2.24) is 5.32 Å². The molecular weight excluding hydrogens is 218 g/mol. The zero-order valence-electron chi connectivity index (χ0n) is 9.90. The molecule has 0 bridgehead atoms. The third kappa shape index (κ3) is 4.78. The van der Waals surface area contributed by atoms with Crippen LogP contribution >= 0.6 is 0 Å². The number of amides is 1. The second-order valence-corrected chi connectivity index (χ2v) is 3.83. The SMILES string of the molecule is CC(=O)c1ccc(CCC(=O)NCCO)cc1. The molecule has 0 saturated carbocycles. The van der Waals surface area contributed by atoms with Crippen molar-refractivity contribution in [3.8, 4) is 0 Å². The maximum absolute atomic E-state index is 11.3. The van der Waals surface area contributed by atoms with Crippen LogP contribution in [0.4, 0.5) is 0 Å². The highest BCUT2D eigenvalue weighted by Crippen LogP contribution is 2.07. The number of carbonyl (C=O) groups excluding carboxylic acids is 2. The summed E-state index contributed by atoms with van der Waals surface area (Å²) in [4.78, 5) is 22.3. The fourth-order valence-electron chi connectivity index (χ4n) is 1.45. The number of hydrogen-bond acceptors (Lipinski definition) is 3. The average molecular weight is 235 g/mol. The molecule has 0 radical (unpaired) electrons. The standard InChI is InChI=1S/C13H17NO3/c1-10(16)12-5-2-11(3-6-12)4-7-13(17)14-8-9-15/h2-3,5-6,15H,4,7-9H2,1H3,(H,14,17). The van der Waals surface area contributed by atoms with Crippen LogP contribution in [0.25, 0.3) is 0 Å². The van der Waals surface area contributed by atoms with E-state index < -0.39 is 0 Å². The Morgan fingerprint density at radius 1 is 1.24 bits per heavy atom. The molecule has 0 aromatic heterocycles. The number of carbonyl (C=O) groups is 2. The number of aryl methyl sites for hydroxylation is 1. The Balaban J connectivity index is 2.42. The number of benzene rings is 1. The number of aliphatic hydroxyl groups excluding tert-OH is 1. The zero-order valence-corrected chi connectivity index (χ0v) is 9.90. The minimum Gasteiger partial charge on any atom is -0.395 e. The molecule has 4 nitrogen and oxygen atoms in total. The number of hydrogen-bond donors (Lipinski definition) is 2. The van der Waals surface area contributed by atoms with E-state index in [0.717, 1.165) is 5.56 Å². The summed E-state index contributed by atoms with van der Waals surface area (Å²) in [5.41, 5.74) is 1.70. The lowest BCUT2D eigenvalue weighted by atomic mass is 10.1. The predicted octanol–water partition coefficient (Wildman–Crippen LogP) is 0.930. The van der Waals surface area contributed by atoms with Crippen LogP contribution in [0.15, 0.2) is 24.3 Å². The maximum Gasteiger partial charge on any atom is 0.220 e. The van der Waals surface area contributed by atoms with Crippen LogP contribution < -0.4 is 5.32 Å². The summed E-state index contributed by atoms with van der Waals surface area (Å²) in [7, 11) is 0. The number of rotatable bonds is 6. The van der Waals surface area contributed by atoms with Crippen LogP contribution in [-0.2, 0) is 11.2 Å². The van der Waals surface area contributed by atoms with Crippen molar-refractivity contribution in [2.24, 2.45) is 0 Å². The lowest BCUT2D eigenvalue weighted by Crippen LogP contribution is -2.26. The van der Waals surface area contributed by atoms with Crippen molar-refractivity contribution in [1.29, 1.82) is 0 Å². The van der Waals surface area contributed by atoms with Crippen molar-refractivity contribution in [3.05, 3.63) is 35.4 Å². The van der Waals surface area contributed by atoms with Gasteiger partial charge in [-0.05, 0) is 18.9 Å². The van der Waals surface area contributed by atoms with Gasteiger partial charge in [0.25, 0.3) is 0 Å². The fraction of sp³-hybridized carbons (Fsp3) is 0.385. The Kier molecular flexibility index (Phi) is 5.36. The molecule has 0 atom stereocenters. The molecule has 0 aliphatic heterocycles. The van der Waals surface area contributed by atoms with Gasteiger partial charge >= 0.3 is 0 Å². The van der Waals surface area contributed by atoms with Crippen LogP contribution in [-0.4, -0.2) is 29.9 Å². The van der Waals surface area contributed by atoms with E-state index in [-0.39, 0.29) is 18.3 Å². The molecule has 0 unspecified atom stereocenters. The van der Waals surface area contributed by atoms with Gasteiger partial charge in [-0.1, -0.05) is 24.3 Å². The number of ketones is 1. The molecule has 92 valence electrons. The molecule has 4 heteroatoms. The summed E-state index contributed by atoms with van der Waals surface area (Å²) in [6.07, 6.45) is 1.02. The second kappa shape index (κ2) is 6.81. The highest BCUT2D eigenvalue weighted by Gasteiger charge is 2.02. The molecule has 1 amide bonds. The number of aliphatic hydroxyl groups is 1. The summed E-state index contributed by atoms with van der Waals surface area (Å²) in [5.74, 6) is -0.0352. The van der Waals surface area contributed by atoms with Crippen LogP contribution in [0.5, 0.6) is 0 Å². The van der Waals surface area contributed by atoms with E-state index in [4.69, 9.17) is 5.11 Å². The van der Waals surface area contributed by atoms with Crippen LogP contribution in [0.1, 0.15) is 29.3 Å². The topological polar surface area (TPSA) is 66.4 Å². The van der Waals surface area contributed by atoms with Gasteiger partial charge in [0.1, 0.15) is 0 Å². The molecule has 17 heavy (non-hydrogen) atoms. The first kappa shape index (κ1) is 13.4. The molecule has 1 rings (SSSR count). The van der Waals surface area contributed by atoms with E-state index in [1.54, 1.807) is 12.1 Å². The zero-order chi connectivity index (χ0) is 12.7. The molecule has 0 heterocycles. The van der Waals surface area contributed by atoms with Crippen molar-refractivity contribution in [3.63, 3.8) is 0 Å².